The molecule has 1 aromatic carbocycles. The second-order valence-electron chi connectivity index (χ2n) is 11.7. The fourth-order valence-electron chi connectivity index (χ4n) is 5.59. The van der Waals surface area contributed by atoms with Crippen molar-refractivity contribution in [2.24, 2.45) is 11.8 Å². The Morgan fingerprint density at radius 1 is 0.950 bits per heavy atom. The van der Waals surface area contributed by atoms with Crippen LogP contribution in [-0.4, -0.2) is 76.8 Å². The van der Waals surface area contributed by atoms with E-state index in [4.69, 9.17) is 9.26 Å². The Kier molecular flexibility index (Phi) is 8.38. The van der Waals surface area contributed by atoms with Gasteiger partial charge in [0.25, 0.3) is 0 Å². The van der Waals surface area contributed by atoms with Crippen LogP contribution >= 0.6 is 0 Å². The summed E-state index contributed by atoms with van der Waals surface area (Å²) in [5, 5.41) is 4.31. The van der Waals surface area contributed by atoms with Gasteiger partial charge in [0, 0.05) is 63.6 Å². The zero-order valence-corrected chi connectivity index (χ0v) is 23.7. The Morgan fingerprint density at radius 3 is 2.40 bits per heavy atom. The Morgan fingerprint density at radius 2 is 1.70 bits per heavy atom. The number of benzene rings is 1. The van der Waals surface area contributed by atoms with E-state index < -0.39 is 5.60 Å². The third-order valence-corrected chi connectivity index (χ3v) is 7.68. The van der Waals surface area contributed by atoms with Crippen molar-refractivity contribution in [3.05, 3.63) is 66.5 Å². The van der Waals surface area contributed by atoms with Gasteiger partial charge in [0.15, 0.2) is 5.76 Å². The summed E-state index contributed by atoms with van der Waals surface area (Å²) in [6, 6.07) is 17.9. The lowest BCUT2D eigenvalue weighted by atomic mass is 9.80. The molecule has 2 aliphatic heterocycles. The van der Waals surface area contributed by atoms with Crippen LogP contribution in [-0.2, 0) is 16.0 Å². The monoisotopic (exact) mass is 545 g/mol. The van der Waals surface area contributed by atoms with Gasteiger partial charge in [-0.2, -0.15) is 0 Å². The molecule has 0 bridgehead atoms. The average Bonchev–Trinajstić information content (AvgIpc) is 3.42. The molecule has 0 spiro atoms. The lowest BCUT2D eigenvalue weighted by molar-refractivity contribution is -0.133. The number of rotatable bonds is 6. The van der Waals surface area contributed by atoms with Crippen LogP contribution in [0, 0.1) is 11.8 Å². The van der Waals surface area contributed by atoms with Gasteiger partial charge in [-0.3, -0.25) is 9.78 Å². The molecule has 4 heterocycles. The van der Waals surface area contributed by atoms with E-state index in [1.807, 2.05) is 68.1 Å². The van der Waals surface area contributed by atoms with Gasteiger partial charge in [-0.1, -0.05) is 29.4 Å². The third kappa shape index (κ3) is 7.00. The van der Waals surface area contributed by atoms with Crippen molar-refractivity contribution in [2.75, 3.05) is 44.2 Å². The molecule has 9 heteroatoms. The molecular weight excluding hydrogens is 506 g/mol. The Bertz CT molecular complexity index is 1270. The fraction of sp³-hybridized carbons (Fsp3) is 0.484. The summed E-state index contributed by atoms with van der Waals surface area (Å²) in [5.74, 6) is 0.980. The Hall–Kier alpha value is -3.88. The zero-order valence-electron chi connectivity index (χ0n) is 23.7. The van der Waals surface area contributed by atoms with Gasteiger partial charge in [0.1, 0.15) is 11.3 Å². The largest absolute Gasteiger partial charge is 0.444 e. The highest BCUT2D eigenvalue weighted by Crippen LogP contribution is 2.32. The highest BCUT2D eigenvalue weighted by atomic mass is 16.6. The van der Waals surface area contributed by atoms with E-state index in [1.54, 1.807) is 11.1 Å². The Labute approximate surface area is 236 Å². The summed E-state index contributed by atoms with van der Waals surface area (Å²) in [6.45, 7) is 9.79. The first-order chi connectivity index (χ1) is 19.2. The molecule has 2 atom stereocenters. The average molecular weight is 546 g/mol. The molecule has 0 saturated carbocycles. The first kappa shape index (κ1) is 27.7. The lowest BCUT2D eigenvalue weighted by Gasteiger charge is -2.40. The van der Waals surface area contributed by atoms with Crippen LogP contribution in [0.1, 0.15) is 39.3 Å². The summed E-state index contributed by atoms with van der Waals surface area (Å²) in [7, 11) is 0. The van der Waals surface area contributed by atoms with Crippen molar-refractivity contribution < 1.29 is 18.8 Å². The topological polar surface area (TPSA) is 92.0 Å². The van der Waals surface area contributed by atoms with E-state index in [9.17, 15) is 9.59 Å². The van der Waals surface area contributed by atoms with E-state index in [2.05, 4.69) is 27.2 Å². The van der Waals surface area contributed by atoms with Gasteiger partial charge in [-0.15, -0.1) is 0 Å². The van der Waals surface area contributed by atoms with Crippen LogP contribution in [0.4, 0.5) is 10.5 Å². The number of hydrogen-bond acceptors (Lipinski definition) is 7. The molecule has 2 fully saturated rings. The molecule has 2 aliphatic rings. The molecule has 2 amide bonds. The van der Waals surface area contributed by atoms with E-state index in [-0.39, 0.29) is 23.8 Å². The summed E-state index contributed by atoms with van der Waals surface area (Å²) in [5.41, 5.74) is 2.15. The number of amides is 2. The van der Waals surface area contributed by atoms with E-state index in [0.717, 1.165) is 30.9 Å². The smallest absolute Gasteiger partial charge is 0.410 e. The maximum absolute atomic E-state index is 13.5. The first-order valence-electron chi connectivity index (χ1n) is 14.2. The standard InChI is InChI=1S/C31H39N5O4/c1-31(2,3)39-30(38)36-14-12-23(20-29(37)35-17-15-34(16-18-35)26-9-5-4-6-10-26)24(22-36)19-25-21-28(40-33-25)27-11-7-8-13-32-27/h4-11,13,21,23-24H,12,14-20,22H2,1-3H3/t23-,24-/m0/s1. The van der Waals surface area contributed by atoms with Gasteiger partial charge >= 0.3 is 6.09 Å². The van der Waals surface area contributed by atoms with E-state index in [0.29, 0.717) is 44.8 Å². The quantitative estimate of drug-likeness (QED) is 0.435. The minimum atomic E-state index is -0.564. The number of anilines is 1. The lowest BCUT2D eigenvalue weighted by Crippen LogP contribution is -2.50. The Balaban J connectivity index is 1.25. The summed E-state index contributed by atoms with van der Waals surface area (Å²) >= 11 is 0. The second kappa shape index (κ2) is 12.1. The van der Waals surface area contributed by atoms with Crippen molar-refractivity contribution in [1.29, 1.82) is 0 Å². The predicted octanol–water partition coefficient (Wildman–Crippen LogP) is 4.89. The fourth-order valence-corrected chi connectivity index (χ4v) is 5.59. The second-order valence-corrected chi connectivity index (χ2v) is 11.7. The summed E-state index contributed by atoms with van der Waals surface area (Å²) < 4.78 is 11.3. The number of carbonyl (C=O) groups excluding carboxylic acids is 2. The molecule has 3 aromatic rings. The molecule has 5 rings (SSSR count). The van der Waals surface area contributed by atoms with Crippen LogP contribution in [0.25, 0.3) is 11.5 Å². The SMILES string of the molecule is CC(C)(C)OC(=O)N1CC[C@@H](CC(=O)N2CCN(c3ccccc3)CC2)[C@@H](Cc2cc(-c3ccccn3)on2)C1. The molecule has 40 heavy (non-hydrogen) atoms. The number of hydrogen-bond donors (Lipinski definition) is 0. The molecular formula is C31H39N5O4. The van der Waals surface area contributed by atoms with E-state index >= 15 is 0 Å². The molecule has 0 N–H and O–H groups in total. The number of ether oxygens (including phenoxy) is 1. The predicted molar refractivity (Wildman–Crippen MR) is 153 cm³/mol. The zero-order chi connectivity index (χ0) is 28.1. The molecule has 2 aromatic heterocycles. The van der Waals surface area contributed by atoms with Crippen LogP contribution in [0.15, 0.2) is 65.3 Å². The summed E-state index contributed by atoms with van der Waals surface area (Å²) in [6.07, 6.45) is 3.22. The highest BCUT2D eigenvalue weighted by Gasteiger charge is 2.36. The molecule has 212 valence electrons. The van der Waals surface area contributed by atoms with Crippen molar-refractivity contribution in [1.82, 2.24) is 19.9 Å². The van der Waals surface area contributed by atoms with Crippen LogP contribution in [0.5, 0.6) is 0 Å². The van der Waals surface area contributed by atoms with Crippen LogP contribution in [0.2, 0.25) is 0 Å². The minimum absolute atomic E-state index is 0.0532. The molecule has 0 aliphatic carbocycles. The maximum atomic E-state index is 13.5. The van der Waals surface area contributed by atoms with Crippen LogP contribution < -0.4 is 4.90 Å². The number of pyridine rings is 1. The normalized spacial score (nSPS) is 19.9. The molecule has 2 saturated heterocycles. The molecule has 0 unspecified atom stereocenters. The highest BCUT2D eigenvalue weighted by molar-refractivity contribution is 5.77. The van der Waals surface area contributed by atoms with Crippen molar-refractivity contribution in [2.45, 2.75) is 45.6 Å². The van der Waals surface area contributed by atoms with Crippen LogP contribution in [0.3, 0.4) is 0 Å². The number of para-hydroxylation sites is 1. The van der Waals surface area contributed by atoms with Gasteiger partial charge < -0.3 is 24.0 Å². The van der Waals surface area contributed by atoms with Crippen molar-refractivity contribution >= 4 is 17.7 Å². The number of likely N-dealkylation sites (tertiary alicyclic amines) is 1. The number of aromatic nitrogens is 2. The van der Waals surface area contributed by atoms with E-state index in [1.165, 1.54) is 5.69 Å². The summed E-state index contributed by atoms with van der Waals surface area (Å²) in [4.78, 5) is 36.8. The van der Waals surface area contributed by atoms with Crippen molar-refractivity contribution in [3.63, 3.8) is 0 Å². The first-order valence-corrected chi connectivity index (χ1v) is 14.2. The molecule has 9 nitrogen and oxygen atoms in total. The third-order valence-electron chi connectivity index (χ3n) is 7.68. The maximum Gasteiger partial charge on any atom is 0.410 e. The van der Waals surface area contributed by atoms with Crippen molar-refractivity contribution in [3.8, 4) is 11.5 Å². The van der Waals surface area contributed by atoms with Gasteiger partial charge in [0.2, 0.25) is 5.91 Å². The minimum Gasteiger partial charge on any atom is -0.444 e. The molecule has 0 radical (unpaired) electrons. The number of piperidine rings is 1. The van der Waals surface area contributed by atoms with Gasteiger partial charge in [0.05, 0.1) is 5.69 Å². The number of carbonyl (C=O) groups is 2. The number of piperazine rings is 1. The van der Waals surface area contributed by atoms with Gasteiger partial charge in [-0.25, -0.2) is 4.79 Å². The number of nitrogens with zero attached hydrogens (tertiary/aromatic N) is 5. The van der Waals surface area contributed by atoms with Gasteiger partial charge in [-0.05, 0) is 69.7 Å².